The summed E-state index contributed by atoms with van der Waals surface area (Å²) in [4.78, 5) is 14.5. The number of anilines is 1. The lowest BCUT2D eigenvalue weighted by Gasteiger charge is -2.33. The smallest absolute Gasteiger partial charge is 0.228 e. The molecule has 0 spiro atoms. The maximum absolute atomic E-state index is 13.8. The van der Waals surface area contributed by atoms with E-state index in [9.17, 15) is 4.39 Å². The summed E-state index contributed by atoms with van der Waals surface area (Å²) in [7, 11) is 0. The van der Waals surface area contributed by atoms with E-state index < -0.39 is 0 Å². The van der Waals surface area contributed by atoms with Crippen molar-refractivity contribution in [2.24, 2.45) is 5.92 Å². The summed E-state index contributed by atoms with van der Waals surface area (Å²) in [6.07, 6.45) is 3.14. The van der Waals surface area contributed by atoms with E-state index in [2.05, 4.69) is 47.9 Å². The molecule has 2 aromatic carbocycles. The summed E-state index contributed by atoms with van der Waals surface area (Å²) >= 11 is 0. The normalized spacial score (nSPS) is 17.1. The zero-order valence-electron chi connectivity index (χ0n) is 19.4. The molecule has 2 aliphatic heterocycles. The molecular formula is C27H31FN4O. The Bertz CT molecular complexity index is 1110. The van der Waals surface area contributed by atoms with E-state index in [0.29, 0.717) is 18.2 Å². The minimum Gasteiger partial charge on any atom is -0.438 e. The second-order valence-electron chi connectivity index (χ2n) is 9.43. The van der Waals surface area contributed by atoms with Crippen LogP contribution in [0.25, 0.3) is 0 Å². The molecule has 5 nitrogen and oxygen atoms in total. The fourth-order valence-corrected chi connectivity index (χ4v) is 4.59. The van der Waals surface area contributed by atoms with E-state index in [4.69, 9.17) is 14.7 Å². The van der Waals surface area contributed by atoms with Gasteiger partial charge in [-0.15, -0.1) is 0 Å². The molecule has 5 rings (SSSR count). The van der Waals surface area contributed by atoms with Crippen LogP contribution in [-0.2, 0) is 19.5 Å². The molecule has 0 amide bonds. The summed E-state index contributed by atoms with van der Waals surface area (Å²) < 4.78 is 20.0. The summed E-state index contributed by atoms with van der Waals surface area (Å²) in [5.74, 6) is 2.16. The number of piperidine rings is 1. The number of nitrogens with zero attached hydrogens (tertiary/aromatic N) is 4. The number of halogens is 1. The fraction of sp³-hybridized carbons (Fsp3) is 0.407. The average Bonchev–Trinajstić information content (AvgIpc) is 2.81. The molecule has 1 saturated heterocycles. The van der Waals surface area contributed by atoms with Crippen molar-refractivity contribution in [2.45, 2.75) is 46.2 Å². The highest BCUT2D eigenvalue weighted by molar-refractivity contribution is 5.44. The molecule has 3 aromatic rings. The third-order valence-electron chi connectivity index (χ3n) is 6.69. The van der Waals surface area contributed by atoms with E-state index in [-0.39, 0.29) is 5.82 Å². The van der Waals surface area contributed by atoms with Gasteiger partial charge < -0.3 is 9.64 Å². The van der Waals surface area contributed by atoms with Crippen molar-refractivity contribution in [3.05, 3.63) is 76.7 Å². The molecule has 0 atom stereocenters. The van der Waals surface area contributed by atoms with Gasteiger partial charge in [-0.3, -0.25) is 4.90 Å². The van der Waals surface area contributed by atoms with Crippen LogP contribution in [0.5, 0.6) is 11.6 Å². The number of aromatic nitrogens is 2. The molecule has 3 heterocycles. The molecule has 172 valence electrons. The van der Waals surface area contributed by atoms with Crippen LogP contribution in [0.15, 0.2) is 48.5 Å². The van der Waals surface area contributed by atoms with Gasteiger partial charge in [0.2, 0.25) is 11.8 Å². The van der Waals surface area contributed by atoms with Crippen molar-refractivity contribution in [2.75, 3.05) is 24.5 Å². The number of benzene rings is 2. The molecule has 0 bridgehead atoms. The first-order valence-electron chi connectivity index (χ1n) is 11.9. The van der Waals surface area contributed by atoms with Crippen LogP contribution in [0.2, 0.25) is 0 Å². The van der Waals surface area contributed by atoms with Crippen LogP contribution < -0.4 is 9.64 Å². The molecule has 1 aromatic heterocycles. The van der Waals surface area contributed by atoms with Crippen LogP contribution in [0, 0.1) is 18.7 Å². The average molecular weight is 447 g/mol. The van der Waals surface area contributed by atoms with Crippen molar-refractivity contribution in [1.82, 2.24) is 14.9 Å². The highest BCUT2D eigenvalue weighted by Gasteiger charge is 2.27. The third-order valence-corrected chi connectivity index (χ3v) is 6.69. The summed E-state index contributed by atoms with van der Waals surface area (Å²) in [5, 5.41) is 0. The molecule has 6 heteroatoms. The van der Waals surface area contributed by atoms with E-state index in [0.717, 1.165) is 68.6 Å². The Morgan fingerprint density at radius 1 is 1.03 bits per heavy atom. The second-order valence-corrected chi connectivity index (χ2v) is 9.43. The highest BCUT2D eigenvalue weighted by atomic mass is 19.1. The van der Waals surface area contributed by atoms with Crippen LogP contribution >= 0.6 is 0 Å². The predicted octanol–water partition coefficient (Wildman–Crippen LogP) is 5.51. The topological polar surface area (TPSA) is 41.5 Å². The van der Waals surface area contributed by atoms with E-state index in [1.54, 1.807) is 12.1 Å². The van der Waals surface area contributed by atoms with Crippen molar-refractivity contribution >= 4 is 5.95 Å². The molecule has 2 aliphatic rings. The lowest BCUT2D eigenvalue weighted by atomic mass is 9.99. The van der Waals surface area contributed by atoms with E-state index in [1.165, 1.54) is 23.3 Å². The van der Waals surface area contributed by atoms with Crippen molar-refractivity contribution in [1.29, 1.82) is 0 Å². The quantitative estimate of drug-likeness (QED) is 0.517. The van der Waals surface area contributed by atoms with Gasteiger partial charge in [0.1, 0.15) is 11.6 Å². The minimum atomic E-state index is -0.318. The van der Waals surface area contributed by atoms with Crippen molar-refractivity contribution in [3.63, 3.8) is 0 Å². The number of fused-ring (bicyclic) bond motifs is 1. The van der Waals surface area contributed by atoms with Gasteiger partial charge in [0, 0.05) is 45.2 Å². The number of hydrogen-bond donors (Lipinski definition) is 0. The van der Waals surface area contributed by atoms with Gasteiger partial charge in [0.25, 0.3) is 0 Å². The Hall–Kier alpha value is -2.99. The molecular weight excluding hydrogens is 415 g/mol. The lowest BCUT2D eigenvalue weighted by Crippen LogP contribution is -2.36. The van der Waals surface area contributed by atoms with Gasteiger partial charge >= 0.3 is 0 Å². The largest absolute Gasteiger partial charge is 0.438 e. The first-order chi connectivity index (χ1) is 16.0. The fourth-order valence-electron chi connectivity index (χ4n) is 4.59. The van der Waals surface area contributed by atoms with Crippen LogP contribution in [0.3, 0.4) is 0 Å². The molecule has 0 unspecified atom stereocenters. The summed E-state index contributed by atoms with van der Waals surface area (Å²) in [6.45, 7) is 8.84. The predicted molar refractivity (Wildman–Crippen MR) is 128 cm³/mol. The number of rotatable bonds is 5. The summed E-state index contributed by atoms with van der Waals surface area (Å²) in [6, 6.07) is 14.9. The maximum atomic E-state index is 13.8. The van der Waals surface area contributed by atoms with E-state index >= 15 is 0 Å². The van der Waals surface area contributed by atoms with Crippen molar-refractivity contribution < 1.29 is 9.13 Å². The standard InChI is InChI=1S/C27H31FN4O/c1-19-6-8-21(9-7-19)17-31-13-12-25-24(18-31)26(33-23-5-3-4-22(28)16-23)30-27(29-25)32-14-10-20(2)11-15-32/h3-9,16,20H,10-15,17-18H2,1-2H3. The van der Waals surface area contributed by atoms with Gasteiger partial charge in [-0.1, -0.05) is 42.8 Å². The van der Waals surface area contributed by atoms with Crippen LogP contribution in [0.1, 0.15) is 42.1 Å². The SMILES string of the molecule is Cc1ccc(CN2CCc3nc(N4CCC(C)CC4)nc(Oc4cccc(F)c4)c3C2)cc1. The van der Waals surface area contributed by atoms with Crippen molar-refractivity contribution in [3.8, 4) is 11.6 Å². The van der Waals surface area contributed by atoms with Crippen LogP contribution in [0.4, 0.5) is 10.3 Å². The second kappa shape index (κ2) is 9.48. The molecule has 0 saturated carbocycles. The van der Waals surface area contributed by atoms with Gasteiger partial charge in [-0.05, 0) is 43.4 Å². The van der Waals surface area contributed by atoms with Crippen LogP contribution in [-0.4, -0.2) is 34.5 Å². The Morgan fingerprint density at radius 3 is 2.58 bits per heavy atom. The Kier molecular flexibility index (Phi) is 6.27. The number of hydrogen-bond acceptors (Lipinski definition) is 5. The molecule has 0 radical (unpaired) electrons. The highest BCUT2D eigenvalue weighted by Crippen LogP contribution is 2.33. The molecule has 1 fully saturated rings. The number of aryl methyl sites for hydroxylation is 1. The zero-order valence-corrected chi connectivity index (χ0v) is 19.4. The van der Waals surface area contributed by atoms with Gasteiger partial charge in [0.15, 0.2) is 0 Å². The summed E-state index contributed by atoms with van der Waals surface area (Å²) in [5.41, 5.74) is 4.61. The Balaban J connectivity index is 1.44. The molecule has 0 aliphatic carbocycles. The van der Waals surface area contributed by atoms with Gasteiger partial charge in [-0.25, -0.2) is 9.37 Å². The molecule has 33 heavy (non-hydrogen) atoms. The Labute approximate surface area is 195 Å². The first kappa shape index (κ1) is 21.8. The Morgan fingerprint density at radius 2 is 1.82 bits per heavy atom. The first-order valence-corrected chi connectivity index (χ1v) is 11.9. The van der Waals surface area contributed by atoms with Gasteiger partial charge in [0.05, 0.1) is 11.3 Å². The monoisotopic (exact) mass is 446 g/mol. The van der Waals surface area contributed by atoms with E-state index in [1.807, 2.05) is 0 Å². The zero-order chi connectivity index (χ0) is 22.8. The minimum absolute atomic E-state index is 0.318. The lowest BCUT2D eigenvalue weighted by molar-refractivity contribution is 0.238. The maximum Gasteiger partial charge on any atom is 0.228 e. The number of ether oxygens (including phenoxy) is 1. The third kappa shape index (κ3) is 5.17. The van der Waals surface area contributed by atoms with Gasteiger partial charge in [-0.2, -0.15) is 4.98 Å². The molecule has 0 N–H and O–H groups in total.